The molecule has 3 N–H and O–H groups in total. The van der Waals surface area contributed by atoms with E-state index in [1.807, 2.05) is 19.1 Å². The third kappa shape index (κ3) is 2.91. The lowest BCUT2D eigenvalue weighted by Crippen LogP contribution is -2.08. The van der Waals surface area contributed by atoms with E-state index in [-0.39, 0.29) is 0 Å². The monoisotopic (exact) mass is 266 g/mol. The van der Waals surface area contributed by atoms with Gasteiger partial charge in [0.2, 0.25) is 0 Å². The highest BCUT2D eigenvalue weighted by molar-refractivity contribution is 5.81. The minimum absolute atomic E-state index is 0.978. The van der Waals surface area contributed by atoms with Crippen LogP contribution in [-0.2, 0) is 6.42 Å². The Bertz CT molecular complexity index is 623. The molecule has 0 fully saturated rings. The van der Waals surface area contributed by atoms with Gasteiger partial charge in [-0.05, 0) is 49.1 Å². The fraction of sp³-hybridized carbons (Fsp3) is 0.222. The molecular formula is C18H22N2. The lowest BCUT2D eigenvalue weighted by Gasteiger charge is -2.06. The molecule has 1 aliphatic carbocycles. The van der Waals surface area contributed by atoms with Crippen molar-refractivity contribution in [2.24, 2.45) is 5.84 Å². The zero-order chi connectivity index (χ0) is 14.5. The third-order valence-corrected chi connectivity index (χ3v) is 3.58. The van der Waals surface area contributed by atoms with Gasteiger partial charge in [-0.25, -0.2) is 0 Å². The van der Waals surface area contributed by atoms with Crippen molar-refractivity contribution in [1.29, 1.82) is 0 Å². The van der Waals surface area contributed by atoms with E-state index in [4.69, 9.17) is 5.84 Å². The molecule has 0 unspecified atom stereocenters. The van der Waals surface area contributed by atoms with Crippen LogP contribution in [0.15, 0.2) is 54.1 Å². The number of nitrogens with one attached hydrogen (secondary N) is 1. The average molecular weight is 266 g/mol. The molecule has 2 nitrogen and oxygen atoms in total. The molecule has 0 atom stereocenters. The molecule has 0 saturated heterocycles. The number of allylic oxidation sites excluding steroid dienone is 2. The van der Waals surface area contributed by atoms with Crippen LogP contribution in [0.25, 0.3) is 11.1 Å². The van der Waals surface area contributed by atoms with E-state index in [2.05, 4.69) is 55.7 Å². The molecule has 2 heteroatoms. The second-order valence-electron chi connectivity index (χ2n) is 5.18. The predicted molar refractivity (Wildman–Crippen MR) is 87.6 cm³/mol. The highest BCUT2D eigenvalue weighted by Gasteiger charge is 2.19. The first-order chi connectivity index (χ1) is 9.67. The van der Waals surface area contributed by atoms with E-state index in [1.54, 1.807) is 0 Å². The Balaban J connectivity index is 0.000000257. The summed E-state index contributed by atoms with van der Waals surface area (Å²) in [6, 6.07) is 14.7. The first-order valence-corrected chi connectivity index (χ1v) is 6.93. The molecule has 2 aromatic carbocycles. The Labute approximate surface area is 121 Å². The topological polar surface area (TPSA) is 38.0 Å². The number of rotatable bonds is 1. The Hall–Kier alpha value is -2.06. The molecule has 0 amide bonds. The van der Waals surface area contributed by atoms with Gasteiger partial charge in [0.15, 0.2) is 0 Å². The number of anilines is 1. The van der Waals surface area contributed by atoms with Crippen LogP contribution in [0.2, 0.25) is 0 Å². The fourth-order valence-electron chi connectivity index (χ4n) is 2.29. The summed E-state index contributed by atoms with van der Waals surface area (Å²) in [4.78, 5) is 0. The van der Waals surface area contributed by atoms with E-state index in [1.165, 1.54) is 27.8 Å². The van der Waals surface area contributed by atoms with Crippen LogP contribution in [0.3, 0.4) is 0 Å². The second-order valence-corrected chi connectivity index (χ2v) is 5.18. The van der Waals surface area contributed by atoms with Gasteiger partial charge >= 0.3 is 0 Å². The molecule has 104 valence electrons. The lowest BCUT2D eigenvalue weighted by molar-refractivity contribution is 1.23. The number of fused-ring (bicyclic) bond motifs is 3. The minimum Gasteiger partial charge on any atom is -0.324 e. The van der Waals surface area contributed by atoms with Gasteiger partial charge in [-0.1, -0.05) is 48.0 Å². The summed E-state index contributed by atoms with van der Waals surface area (Å²) in [5, 5.41) is 0. The fourth-order valence-corrected chi connectivity index (χ4v) is 2.29. The van der Waals surface area contributed by atoms with Crippen LogP contribution in [-0.4, -0.2) is 0 Å². The van der Waals surface area contributed by atoms with Crippen molar-refractivity contribution in [1.82, 2.24) is 0 Å². The Morgan fingerprint density at radius 3 is 2.35 bits per heavy atom. The molecule has 0 spiro atoms. The van der Waals surface area contributed by atoms with E-state index < -0.39 is 0 Å². The Morgan fingerprint density at radius 1 is 1.05 bits per heavy atom. The maximum atomic E-state index is 5.51. The summed E-state index contributed by atoms with van der Waals surface area (Å²) >= 11 is 0. The van der Waals surface area contributed by atoms with Gasteiger partial charge in [0.05, 0.1) is 5.69 Å². The van der Waals surface area contributed by atoms with Gasteiger partial charge in [-0.15, -0.1) is 0 Å². The lowest BCUT2D eigenvalue weighted by atomic mass is 10.1. The Morgan fingerprint density at radius 2 is 1.70 bits per heavy atom. The molecule has 0 bridgehead atoms. The zero-order valence-electron chi connectivity index (χ0n) is 12.4. The van der Waals surface area contributed by atoms with Gasteiger partial charge in [0.25, 0.3) is 0 Å². The molecule has 0 heterocycles. The van der Waals surface area contributed by atoms with Crippen molar-refractivity contribution in [2.75, 3.05) is 5.43 Å². The van der Waals surface area contributed by atoms with Crippen LogP contribution >= 0.6 is 0 Å². The molecule has 1 aliphatic rings. The summed E-state index contributed by atoms with van der Waals surface area (Å²) in [5.41, 5.74) is 10.5. The van der Waals surface area contributed by atoms with Crippen LogP contribution < -0.4 is 11.3 Å². The van der Waals surface area contributed by atoms with Crippen molar-refractivity contribution >= 4 is 5.69 Å². The van der Waals surface area contributed by atoms with Crippen molar-refractivity contribution in [3.05, 3.63) is 65.2 Å². The number of nitrogens with two attached hydrogens (primary N) is 1. The number of hydrogen-bond donors (Lipinski definition) is 2. The van der Waals surface area contributed by atoms with Gasteiger partial charge in [-0.3, -0.25) is 5.84 Å². The van der Waals surface area contributed by atoms with Crippen LogP contribution in [0, 0.1) is 0 Å². The molecule has 3 rings (SSSR count). The van der Waals surface area contributed by atoms with Crippen molar-refractivity contribution in [3.63, 3.8) is 0 Å². The third-order valence-electron chi connectivity index (χ3n) is 3.58. The summed E-state index contributed by atoms with van der Waals surface area (Å²) in [5.74, 6) is 5.51. The molecule has 2 aromatic rings. The maximum absolute atomic E-state index is 5.51. The molecule has 0 aromatic heterocycles. The summed E-state index contributed by atoms with van der Waals surface area (Å²) < 4.78 is 0. The maximum Gasteiger partial charge on any atom is 0.0526 e. The average Bonchev–Trinajstić information content (AvgIpc) is 2.86. The van der Waals surface area contributed by atoms with Crippen molar-refractivity contribution in [2.45, 2.75) is 27.2 Å². The largest absolute Gasteiger partial charge is 0.324 e. The van der Waals surface area contributed by atoms with E-state index in [0.29, 0.717) is 0 Å². The van der Waals surface area contributed by atoms with Gasteiger partial charge < -0.3 is 5.43 Å². The summed E-state index contributed by atoms with van der Waals surface area (Å²) in [7, 11) is 0. The smallest absolute Gasteiger partial charge is 0.0526 e. The van der Waals surface area contributed by atoms with Crippen LogP contribution in [0.5, 0.6) is 0 Å². The molecule has 20 heavy (non-hydrogen) atoms. The van der Waals surface area contributed by atoms with Crippen LogP contribution in [0.4, 0.5) is 5.69 Å². The first kappa shape index (κ1) is 14.4. The number of hydrazine groups is 1. The first-order valence-electron chi connectivity index (χ1n) is 6.93. The van der Waals surface area contributed by atoms with Gasteiger partial charge in [0, 0.05) is 6.42 Å². The molecule has 0 aliphatic heterocycles. The second kappa shape index (κ2) is 6.40. The predicted octanol–water partition coefficient (Wildman–Crippen LogP) is 4.52. The van der Waals surface area contributed by atoms with E-state index in [9.17, 15) is 0 Å². The molecule has 0 saturated carbocycles. The number of benzene rings is 2. The highest BCUT2D eigenvalue weighted by atomic mass is 15.2. The normalized spacial score (nSPS) is 10.8. The van der Waals surface area contributed by atoms with E-state index >= 15 is 0 Å². The molecular weight excluding hydrogens is 244 g/mol. The standard InChI is InChI=1S/C13H12N2.C5H10/c14-15-13-7-3-6-11-10-5-2-1-4-9(10)8-12(11)13;1-4-5(2)3/h1-7,15H,8,14H2;4H,1-3H3. The van der Waals surface area contributed by atoms with Crippen LogP contribution in [0.1, 0.15) is 31.9 Å². The Kier molecular flexibility index (Phi) is 4.59. The summed E-state index contributed by atoms with van der Waals surface area (Å²) in [6.07, 6.45) is 3.06. The van der Waals surface area contributed by atoms with Gasteiger partial charge in [-0.2, -0.15) is 0 Å². The van der Waals surface area contributed by atoms with E-state index in [0.717, 1.165) is 12.1 Å². The SMILES string of the molecule is CC=C(C)C.NNc1cccc2c1Cc1ccccc1-2. The van der Waals surface area contributed by atoms with Crippen molar-refractivity contribution < 1.29 is 0 Å². The minimum atomic E-state index is 0.978. The highest BCUT2D eigenvalue weighted by Crippen LogP contribution is 2.39. The number of hydrogen-bond acceptors (Lipinski definition) is 2. The zero-order valence-corrected chi connectivity index (χ0v) is 12.4. The van der Waals surface area contributed by atoms with Gasteiger partial charge in [0.1, 0.15) is 0 Å². The quantitative estimate of drug-likeness (QED) is 0.386. The number of nitrogen functional groups attached to an aromatic ring is 1. The van der Waals surface area contributed by atoms with Crippen molar-refractivity contribution in [3.8, 4) is 11.1 Å². The molecule has 0 radical (unpaired) electrons. The summed E-state index contributed by atoms with van der Waals surface area (Å²) in [6.45, 7) is 6.20.